The van der Waals surface area contributed by atoms with E-state index in [1.165, 1.54) is 4.88 Å². The van der Waals surface area contributed by atoms with Crippen molar-refractivity contribution >= 4 is 50.2 Å². The van der Waals surface area contributed by atoms with Crippen molar-refractivity contribution in [2.75, 3.05) is 11.9 Å². The van der Waals surface area contributed by atoms with Gasteiger partial charge in [0.1, 0.15) is 4.99 Å². The maximum absolute atomic E-state index is 5.79. The predicted octanol–water partition coefficient (Wildman–Crippen LogP) is 3.48. The van der Waals surface area contributed by atoms with Crippen LogP contribution in [0.25, 0.3) is 0 Å². The maximum Gasteiger partial charge on any atom is 0.106 e. The summed E-state index contributed by atoms with van der Waals surface area (Å²) in [6.07, 6.45) is 0. The monoisotopic (exact) mass is 355 g/mol. The van der Waals surface area contributed by atoms with Crippen LogP contribution in [0.5, 0.6) is 0 Å². The van der Waals surface area contributed by atoms with Crippen molar-refractivity contribution in [2.24, 2.45) is 5.73 Å². The van der Waals surface area contributed by atoms with Crippen molar-refractivity contribution in [3.8, 4) is 0 Å². The normalized spacial score (nSPS) is 10.5. The number of rotatable bonds is 4. The van der Waals surface area contributed by atoms with Gasteiger partial charge in [-0.05, 0) is 25.1 Å². The average molecular weight is 356 g/mol. The lowest BCUT2D eigenvalue weighted by Gasteiger charge is -2.22. The molecule has 0 saturated carbocycles. The molecule has 0 saturated heterocycles. The zero-order chi connectivity index (χ0) is 14.0. The molecule has 2 N–H and O–H groups in total. The smallest absolute Gasteiger partial charge is 0.106 e. The summed E-state index contributed by atoms with van der Waals surface area (Å²) in [6, 6.07) is 5.92. The number of hydrogen-bond donors (Lipinski definition) is 1. The third-order valence-corrected chi connectivity index (χ3v) is 4.50. The van der Waals surface area contributed by atoms with Crippen LogP contribution in [0, 0.1) is 6.92 Å². The van der Waals surface area contributed by atoms with E-state index in [1.54, 1.807) is 11.3 Å². The zero-order valence-corrected chi connectivity index (χ0v) is 13.9. The van der Waals surface area contributed by atoms with Gasteiger partial charge in [-0.2, -0.15) is 0 Å². The van der Waals surface area contributed by atoms with Crippen LogP contribution < -0.4 is 10.6 Å². The predicted molar refractivity (Wildman–Crippen MR) is 89.0 cm³/mol. The summed E-state index contributed by atoms with van der Waals surface area (Å²) in [5.41, 5.74) is 10.6. The highest BCUT2D eigenvalue weighted by Gasteiger charge is 2.12. The second kappa shape index (κ2) is 5.98. The third-order valence-electron chi connectivity index (χ3n) is 2.86. The molecule has 19 heavy (non-hydrogen) atoms. The van der Waals surface area contributed by atoms with E-state index in [1.807, 2.05) is 37.7 Å². The van der Waals surface area contributed by atoms with Crippen molar-refractivity contribution in [1.29, 1.82) is 0 Å². The van der Waals surface area contributed by atoms with Crippen molar-refractivity contribution in [1.82, 2.24) is 4.98 Å². The fourth-order valence-electron chi connectivity index (χ4n) is 1.81. The molecule has 0 aliphatic carbocycles. The lowest BCUT2D eigenvalue weighted by molar-refractivity contribution is 0.924. The molecule has 1 aromatic heterocycles. The Bertz CT molecular complexity index is 610. The first-order chi connectivity index (χ1) is 8.99. The van der Waals surface area contributed by atoms with Gasteiger partial charge in [-0.1, -0.05) is 28.1 Å². The van der Waals surface area contributed by atoms with E-state index in [4.69, 9.17) is 18.0 Å². The fourth-order valence-corrected chi connectivity index (χ4v) is 3.16. The molecule has 0 amide bonds. The molecule has 0 spiro atoms. The van der Waals surface area contributed by atoms with Gasteiger partial charge in [-0.15, -0.1) is 11.3 Å². The highest BCUT2D eigenvalue weighted by molar-refractivity contribution is 9.10. The number of thiazole rings is 1. The highest BCUT2D eigenvalue weighted by Crippen LogP contribution is 2.27. The Hall–Kier alpha value is -0.980. The minimum Gasteiger partial charge on any atom is -0.389 e. The summed E-state index contributed by atoms with van der Waals surface area (Å²) in [5, 5.41) is 0. The molecule has 0 fully saturated rings. The Morgan fingerprint density at radius 3 is 2.84 bits per heavy atom. The Balaban J connectivity index is 2.32. The van der Waals surface area contributed by atoms with Crippen LogP contribution in [-0.4, -0.2) is 17.0 Å². The number of nitrogens with zero attached hydrogens (tertiary/aromatic N) is 2. The van der Waals surface area contributed by atoms with Crippen molar-refractivity contribution in [3.05, 3.63) is 44.3 Å². The molecule has 0 bridgehead atoms. The number of anilines is 1. The second-order valence-electron chi connectivity index (χ2n) is 4.24. The van der Waals surface area contributed by atoms with E-state index in [0.29, 0.717) is 4.99 Å². The van der Waals surface area contributed by atoms with Crippen LogP contribution in [0.15, 0.2) is 28.2 Å². The van der Waals surface area contributed by atoms with Crippen LogP contribution in [0.3, 0.4) is 0 Å². The number of aromatic nitrogens is 1. The average Bonchev–Trinajstić information content (AvgIpc) is 2.74. The first kappa shape index (κ1) is 14.4. The molecule has 2 rings (SSSR count). The molecule has 3 nitrogen and oxygen atoms in total. The largest absolute Gasteiger partial charge is 0.389 e. The molecule has 6 heteroatoms. The summed E-state index contributed by atoms with van der Waals surface area (Å²) < 4.78 is 1.01. The molecular formula is C13H14BrN3S2. The molecule has 2 aromatic rings. The van der Waals surface area contributed by atoms with Gasteiger partial charge in [-0.25, -0.2) is 4.98 Å². The molecule has 0 atom stereocenters. The summed E-state index contributed by atoms with van der Waals surface area (Å²) in [4.78, 5) is 8.07. The molecular weight excluding hydrogens is 342 g/mol. The lowest BCUT2D eigenvalue weighted by Crippen LogP contribution is -2.21. The maximum atomic E-state index is 5.79. The summed E-state index contributed by atoms with van der Waals surface area (Å²) in [5.74, 6) is 0. The van der Waals surface area contributed by atoms with E-state index in [-0.39, 0.29) is 0 Å². The van der Waals surface area contributed by atoms with Gasteiger partial charge in [0.15, 0.2) is 0 Å². The quantitative estimate of drug-likeness (QED) is 0.852. The molecule has 0 aliphatic heterocycles. The van der Waals surface area contributed by atoms with Crippen LogP contribution in [0.2, 0.25) is 0 Å². The first-order valence-electron chi connectivity index (χ1n) is 5.68. The van der Waals surface area contributed by atoms with Crippen molar-refractivity contribution in [2.45, 2.75) is 13.5 Å². The summed E-state index contributed by atoms with van der Waals surface area (Å²) >= 11 is 10.3. The number of benzene rings is 1. The van der Waals surface area contributed by atoms with E-state index in [2.05, 4.69) is 25.8 Å². The number of thiocarbonyl (C=S) groups is 1. The standard InChI is InChI=1S/C13H14BrN3S2/c1-8-12(19-7-16-8)6-17(2)11-5-9(14)3-4-10(11)13(15)18/h3-5,7H,6H2,1-2H3,(H2,15,18). The van der Waals surface area contributed by atoms with Crippen molar-refractivity contribution < 1.29 is 0 Å². The van der Waals surface area contributed by atoms with Crippen LogP contribution in [0.1, 0.15) is 16.1 Å². The van der Waals surface area contributed by atoms with Crippen LogP contribution in [0.4, 0.5) is 5.69 Å². The minimum absolute atomic E-state index is 0.412. The van der Waals surface area contributed by atoms with Gasteiger partial charge in [0.05, 0.1) is 17.7 Å². The second-order valence-corrected chi connectivity index (χ2v) is 6.54. The Morgan fingerprint density at radius 2 is 2.26 bits per heavy atom. The molecule has 0 unspecified atom stereocenters. The zero-order valence-electron chi connectivity index (χ0n) is 10.7. The molecule has 0 radical (unpaired) electrons. The van der Waals surface area contributed by atoms with Gasteiger partial charge in [0.25, 0.3) is 0 Å². The molecule has 0 aliphatic rings. The Morgan fingerprint density at radius 1 is 1.53 bits per heavy atom. The van der Waals surface area contributed by atoms with Gasteiger partial charge < -0.3 is 10.6 Å². The Labute approximate surface area is 130 Å². The minimum atomic E-state index is 0.412. The number of hydrogen-bond acceptors (Lipinski definition) is 4. The van der Waals surface area contributed by atoms with Gasteiger partial charge in [-0.3, -0.25) is 0 Å². The number of nitrogens with two attached hydrogens (primary N) is 1. The fraction of sp³-hybridized carbons (Fsp3) is 0.231. The van der Waals surface area contributed by atoms with Gasteiger partial charge >= 0.3 is 0 Å². The van der Waals surface area contributed by atoms with E-state index in [0.717, 1.165) is 28.0 Å². The summed E-state index contributed by atoms with van der Waals surface area (Å²) in [7, 11) is 2.03. The Kier molecular flexibility index (Phi) is 4.54. The van der Waals surface area contributed by atoms with Crippen molar-refractivity contribution in [3.63, 3.8) is 0 Å². The van der Waals surface area contributed by atoms with E-state index in [9.17, 15) is 0 Å². The van der Waals surface area contributed by atoms with Gasteiger partial charge in [0.2, 0.25) is 0 Å². The van der Waals surface area contributed by atoms with E-state index >= 15 is 0 Å². The van der Waals surface area contributed by atoms with Crippen LogP contribution in [-0.2, 0) is 6.54 Å². The topological polar surface area (TPSA) is 42.2 Å². The lowest BCUT2D eigenvalue weighted by atomic mass is 10.1. The van der Waals surface area contributed by atoms with Gasteiger partial charge in [0, 0.05) is 27.6 Å². The number of aryl methyl sites for hydroxylation is 1. The third kappa shape index (κ3) is 3.32. The molecule has 1 aromatic carbocycles. The number of halogens is 1. The molecule has 100 valence electrons. The SMILES string of the molecule is Cc1ncsc1CN(C)c1cc(Br)ccc1C(N)=S. The molecule has 1 heterocycles. The highest BCUT2D eigenvalue weighted by atomic mass is 79.9. The summed E-state index contributed by atoms with van der Waals surface area (Å²) in [6.45, 7) is 2.82. The van der Waals surface area contributed by atoms with Crippen LogP contribution >= 0.6 is 39.5 Å². The first-order valence-corrected chi connectivity index (χ1v) is 7.76. The van der Waals surface area contributed by atoms with E-state index < -0.39 is 0 Å².